The molecule has 0 aliphatic carbocycles. The second-order valence-corrected chi connectivity index (χ2v) is 4.82. The first kappa shape index (κ1) is 14.4. The van der Waals surface area contributed by atoms with E-state index in [4.69, 9.17) is 4.74 Å². The van der Waals surface area contributed by atoms with Gasteiger partial charge in [-0.1, -0.05) is 47.5 Å². The standard InChI is InChI=1S/C14H19BrO2/c1-3-7-14(17-4-2)13(16)10-11-8-5-6-9-12(11)15/h5-6,8-9,14H,3-4,7,10H2,1-2H3. The Hall–Kier alpha value is -0.670. The number of halogens is 1. The zero-order valence-electron chi connectivity index (χ0n) is 10.4. The Labute approximate surface area is 111 Å². The van der Waals surface area contributed by atoms with Crippen LogP contribution in [-0.2, 0) is 16.0 Å². The van der Waals surface area contributed by atoms with Gasteiger partial charge in [0.05, 0.1) is 0 Å². The van der Waals surface area contributed by atoms with Crippen LogP contribution >= 0.6 is 15.9 Å². The number of ether oxygens (including phenoxy) is 1. The molecule has 0 saturated heterocycles. The summed E-state index contributed by atoms with van der Waals surface area (Å²) in [6.45, 7) is 4.58. The molecular formula is C14H19BrO2. The van der Waals surface area contributed by atoms with Crippen LogP contribution in [0.4, 0.5) is 0 Å². The third kappa shape index (κ3) is 4.60. The number of carbonyl (C=O) groups is 1. The van der Waals surface area contributed by atoms with Crippen LogP contribution in [0.15, 0.2) is 28.7 Å². The summed E-state index contributed by atoms with van der Waals surface area (Å²) in [4.78, 5) is 12.1. The van der Waals surface area contributed by atoms with Crippen molar-refractivity contribution in [2.24, 2.45) is 0 Å². The van der Waals surface area contributed by atoms with E-state index in [1.807, 2.05) is 31.2 Å². The monoisotopic (exact) mass is 298 g/mol. The van der Waals surface area contributed by atoms with Gasteiger partial charge in [0, 0.05) is 17.5 Å². The maximum Gasteiger partial charge on any atom is 0.165 e. The highest BCUT2D eigenvalue weighted by Gasteiger charge is 2.18. The normalized spacial score (nSPS) is 12.4. The Kier molecular flexibility index (Phi) is 6.45. The maximum absolute atomic E-state index is 12.1. The van der Waals surface area contributed by atoms with Gasteiger partial charge in [-0.3, -0.25) is 4.79 Å². The topological polar surface area (TPSA) is 26.3 Å². The quantitative estimate of drug-likeness (QED) is 0.766. The molecule has 1 atom stereocenters. The smallest absolute Gasteiger partial charge is 0.165 e. The number of carbonyl (C=O) groups excluding carboxylic acids is 1. The fraction of sp³-hybridized carbons (Fsp3) is 0.500. The molecule has 0 heterocycles. The first-order valence-electron chi connectivity index (χ1n) is 6.06. The molecule has 3 heteroatoms. The molecule has 2 nitrogen and oxygen atoms in total. The third-order valence-corrected chi connectivity index (χ3v) is 3.37. The van der Waals surface area contributed by atoms with Crippen molar-refractivity contribution in [1.82, 2.24) is 0 Å². The van der Waals surface area contributed by atoms with E-state index < -0.39 is 0 Å². The van der Waals surface area contributed by atoms with Crippen molar-refractivity contribution >= 4 is 21.7 Å². The molecule has 0 spiro atoms. The molecule has 17 heavy (non-hydrogen) atoms. The van der Waals surface area contributed by atoms with Gasteiger partial charge in [0.1, 0.15) is 6.10 Å². The molecule has 94 valence electrons. The van der Waals surface area contributed by atoms with Crippen LogP contribution in [-0.4, -0.2) is 18.5 Å². The molecular weight excluding hydrogens is 280 g/mol. The number of rotatable bonds is 7. The molecule has 0 radical (unpaired) electrons. The minimum Gasteiger partial charge on any atom is -0.371 e. The molecule has 0 bridgehead atoms. The highest BCUT2D eigenvalue weighted by Crippen LogP contribution is 2.18. The Morgan fingerprint density at radius 3 is 2.65 bits per heavy atom. The van der Waals surface area contributed by atoms with E-state index in [1.165, 1.54) is 0 Å². The number of ketones is 1. The number of Topliss-reactive ketones (excluding diaryl/α,β-unsaturated/α-hetero) is 1. The summed E-state index contributed by atoms with van der Waals surface area (Å²) in [7, 11) is 0. The fourth-order valence-electron chi connectivity index (χ4n) is 1.74. The highest BCUT2D eigenvalue weighted by molar-refractivity contribution is 9.10. The Bertz CT molecular complexity index is 357. The van der Waals surface area contributed by atoms with E-state index >= 15 is 0 Å². The first-order chi connectivity index (χ1) is 8.19. The largest absolute Gasteiger partial charge is 0.371 e. The van der Waals surface area contributed by atoms with Crippen molar-refractivity contribution in [1.29, 1.82) is 0 Å². The molecule has 0 fully saturated rings. The van der Waals surface area contributed by atoms with Crippen molar-refractivity contribution in [3.05, 3.63) is 34.3 Å². The second kappa shape index (κ2) is 7.62. The molecule has 1 unspecified atom stereocenters. The van der Waals surface area contributed by atoms with Crippen LogP contribution < -0.4 is 0 Å². The van der Waals surface area contributed by atoms with Gasteiger partial charge in [-0.15, -0.1) is 0 Å². The van der Waals surface area contributed by atoms with Crippen LogP contribution in [0.25, 0.3) is 0 Å². The van der Waals surface area contributed by atoms with E-state index in [0.717, 1.165) is 22.9 Å². The molecule has 1 aromatic carbocycles. The van der Waals surface area contributed by atoms with Crippen molar-refractivity contribution in [2.45, 2.75) is 39.2 Å². The lowest BCUT2D eigenvalue weighted by atomic mass is 10.0. The zero-order valence-corrected chi connectivity index (χ0v) is 12.0. The van der Waals surface area contributed by atoms with Crippen LogP contribution in [0, 0.1) is 0 Å². The minimum absolute atomic E-state index is 0.167. The van der Waals surface area contributed by atoms with Crippen molar-refractivity contribution < 1.29 is 9.53 Å². The van der Waals surface area contributed by atoms with E-state index in [-0.39, 0.29) is 11.9 Å². The Morgan fingerprint density at radius 2 is 2.06 bits per heavy atom. The molecule has 1 rings (SSSR count). The van der Waals surface area contributed by atoms with Gasteiger partial charge >= 0.3 is 0 Å². The van der Waals surface area contributed by atoms with Gasteiger partial charge in [0.2, 0.25) is 0 Å². The molecule has 0 aliphatic rings. The number of hydrogen-bond donors (Lipinski definition) is 0. The number of benzene rings is 1. The van der Waals surface area contributed by atoms with E-state index in [0.29, 0.717) is 13.0 Å². The Morgan fingerprint density at radius 1 is 1.35 bits per heavy atom. The van der Waals surface area contributed by atoms with Gasteiger partial charge in [-0.25, -0.2) is 0 Å². The summed E-state index contributed by atoms with van der Waals surface area (Å²) in [5.74, 6) is 0.167. The molecule has 0 saturated carbocycles. The summed E-state index contributed by atoms with van der Waals surface area (Å²) in [6.07, 6.45) is 1.95. The maximum atomic E-state index is 12.1. The van der Waals surface area contributed by atoms with Gasteiger partial charge in [-0.2, -0.15) is 0 Å². The molecule has 0 N–H and O–H groups in total. The van der Waals surface area contributed by atoms with Crippen LogP contribution in [0.1, 0.15) is 32.3 Å². The average molecular weight is 299 g/mol. The summed E-state index contributed by atoms with van der Waals surface area (Å²) < 4.78 is 6.48. The predicted octanol–water partition coefficient (Wildman–Crippen LogP) is 3.77. The van der Waals surface area contributed by atoms with Crippen molar-refractivity contribution in [3.8, 4) is 0 Å². The SMILES string of the molecule is CCCC(OCC)C(=O)Cc1ccccc1Br. The van der Waals surface area contributed by atoms with Gasteiger partial charge < -0.3 is 4.74 Å². The van der Waals surface area contributed by atoms with E-state index in [2.05, 4.69) is 22.9 Å². The van der Waals surface area contributed by atoms with E-state index in [9.17, 15) is 4.79 Å². The third-order valence-electron chi connectivity index (χ3n) is 2.60. The van der Waals surface area contributed by atoms with Crippen LogP contribution in [0.3, 0.4) is 0 Å². The summed E-state index contributed by atoms with van der Waals surface area (Å²) >= 11 is 3.46. The molecule has 1 aromatic rings. The van der Waals surface area contributed by atoms with Gasteiger partial charge in [0.15, 0.2) is 5.78 Å². The summed E-state index contributed by atoms with van der Waals surface area (Å²) in [6, 6.07) is 7.82. The van der Waals surface area contributed by atoms with E-state index in [1.54, 1.807) is 0 Å². The lowest BCUT2D eigenvalue weighted by Gasteiger charge is -2.15. The minimum atomic E-state index is -0.253. The fourth-order valence-corrected chi connectivity index (χ4v) is 2.17. The molecule has 0 aliphatic heterocycles. The summed E-state index contributed by atoms with van der Waals surface area (Å²) in [5, 5.41) is 0. The molecule has 0 aromatic heterocycles. The highest BCUT2D eigenvalue weighted by atomic mass is 79.9. The van der Waals surface area contributed by atoms with Crippen molar-refractivity contribution in [2.75, 3.05) is 6.61 Å². The molecule has 0 amide bonds. The second-order valence-electron chi connectivity index (χ2n) is 3.97. The van der Waals surface area contributed by atoms with Gasteiger partial charge in [0.25, 0.3) is 0 Å². The average Bonchev–Trinajstić information content (AvgIpc) is 2.32. The lowest BCUT2D eigenvalue weighted by molar-refractivity contribution is -0.130. The predicted molar refractivity (Wildman–Crippen MR) is 73.2 cm³/mol. The van der Waals surface area contributed by atoms with Crippen LogP contribution in [0.5, 0.6) is 0 Å². The zero-order chi connectivity index (χ0) is 12.7. The van der Waals surface area contributed by atoms with Crippen molar-refractivity contribution in [3.63, 3.8) is 0 Å². The van der Waals surface area contributed by atoms with Crippen LogP contribution in [0.2, 0.25) is 0 Å². The lowest BCUT2D eigenvalue weighted by Crippen LogP contribution is -2.26. The van der Waals surface area contributed by atoms with Gasteiger partial charge in [-0.05, 0) is 25.0 Å². The number of hydrogen-bond acceptors (Lipinski definition) is 2. The Balaban J connectivity index is 2.66. The summed E-state index contributed by atoms with van der Waals surface area (Å²) in [5.41, 5.74) is 1.03. The first-order valence-corrected chi connectivity index (χ1v) is 6.86.